The lowest BCUT2D eigenvalue weighted by atomic mass is 10.3. The van der Waals surface area contributed by atoms with Gasteiger partial charge in [-0.05, 0) is 25.5 Å². The zero-order valence-electron chi connectivity index (χ0n) is 11.0. The maximum atomic E-state index is 11.7. The first-order valence-electron chi connectivity index (χ1n) is 5.89. The number of rotatable bonds is 8. The van der Waals surface area contributed by atoms with Crippen LogP contribution in [0.5, 0.6) is 11.5 Å². The van der Waals surface area contributed by atoms with Crippen LogP contribution < -0.4 is 14.2 Å². The number of benzene rings is 1. The Balaban J connectivity index is 2.85. The van der Waals surface area contributed by atoms with Crippen molar-refractivity contribution < 1.29 is 17.9 Å². The molecular formula is C12H18ClNO4S. The number of hydrogen-bond acceptors (Lipinski definition) is 4. The summed E-state index contributed by atoms with van der Waals surface area (Å²) in [5.41, 5.74) is 0.440. The summed E-state index contributed by atoms with van der Waals surface area (Å²) in [6.45, 7) is 2.37. The molecule has 108 valence electrons. The maximum Gasteiger partial charge on any atom is 0.232 e. The van der Waals surface area contributed by atoms with Crippen molar-refractivity contribution in [3.63, 3.8) is 0 Å². The molecule has 7 heteroatoms. The Bertz CT molecular complexity index is 504. The Labute approximate surface area is 118 Å². The van der Waals surface area contributed by atoms with Crippen LogP contribution in [0.15, 0.2) is 18.2 Å². The van der Waals surface area contributed by atoms with Crippen molar-refractivity contribution in [2.45, 2.75) is 13.3 Å². The zero-order chi connectivity index (χ0) is 14.3. The third kappa shape index (κ3) is 5.16. The molecule has 0 fully saturated rings. The predicted octanol–water partition coefficient (Wildman–Crippen LogP) is 2.46. The average Bonchev–Trinajstić information content (AvgIpc) is 2.38. The van der Waals surface area contributed by atoms with Crippen molar-refractivity contribution in [3.05, 3.63) is 18.2 Å². The number of hydrogen-bond donors (Lipinski definition) is 1. The first kappa shape index (κ1) is 15.9. The van der Waals surface area contributed by atoms with E-state index in [-0.39, 0.29) is 5.75 Å². The molecule has 1 N–H and O–H groups in total. The smallest absolute Gasteiger partial charge is 0.232 e. The molecule has 0 bridgehead atoms. The van der Waals surface area contributed by atoms with Crippen LogP contribution in [0.2, 0.25) is 0 Å². The Morgan fingerprint density at radius 1 is 1.32 bits per heavy atom. The standard InChI is InChI=1S/C12H18ClNO4S/c1-3-18-11-6-5-10(9-12(11)17-2)14-19(15,16)8-4-7-13/h5-6,9,14H,3-4,7-8H2,1-2H3. The third-order valence-corrected chi connectivity index (χ3v) is 3.92. The number of sulfonamides is 1. The molecule has 0 aliphatic rings. The van der Waals surface area contributed by atoms with E-state index >= 15 is 0 Å². The topological polar surface area (TPSA) is 64.6 Å². The zero-order valence-corrected chi connectivity index (χ0v) is 12.6. The van der Waals surface area contributed by atoms with E-state index in [1.54, 1.807) is 18.2 Å². The molecule has 0 amide bonds. The highest BCUT2D eigenvalue weighted by molar-refractivity contribution is 7.92. The number of nitrogens with one attached hydrogen (secondary N) is 1. The molecule has 0 aliphatic heterocycles. The van der Waals surface area contributed by atoms with Crippen LogP contribution in [-0.4, -0.2) is 33.8 Å². The summed E-state index contributed by atoms with van der Waals surface area (Å²) >= 11 is 5.49. The van der Waals surface area contributed by atoms with Crippen molar-refractivity contribution in [2.75, 3.05) is 30.1 Å². The van der Waals surface area contributed by atoms with Gasteiger partial charge in [-0.3, -0.25) is 4.72 Å². The van der Waals surface area contributed by atoms with Gasteiger partial charge in [0.1, 0.15) is 0 Å². The summed E-state index contributed by atoms with van der Waals surface area (Å²) in [5, 5.41) is 0. The van der Waals surface area contributed by atoms with E-state index in [0.717, 1.165) is 0 Å². The normalized spacial score (nSPS) is 11.1. The molecule has 0 aliphatic carbocycles. The fourth-order valence-electron chi connectivity index (χ4n) is 1.48. The minimum atomic E-state index is -3.38. The molecule has 0 saturated heterocycles. The van der Waals surface area contributed by atoms with Crippen molar-refractivity contribution in [1.29, 1.82) is 0 Å². The molecule has 0 unspecified atom stereocenters. The number of ether oxygens (including phenoxy) is 2. The van der Waals surface area contributed by atoms with Gasteiger partial charge in [-0.1, -0.05) is 0 Å². The van der Waals surface area contributed by atoms with E-state index in [2.05, 4.69) is 4.72 Å². The van der Waals surface area contributed by atoms with Gasteiger partial charge in [0, 0.05) is 11.9 Å². The van der Waals surface area contributed by atoms with Crippen LogP contribution in [0.1, 0.15) is 13.3 Å². The second-order valence-corrected chi connectivity index (χ2v) is 5.98. The summed E-state index contributed by atoms with van der Waals surface area (Å²) < 4.78 is 36.4. The van der Waals surface area contributed by atoms with Crippen LogP contribution >= 0.6 is 11.6 Å². The quantitative estimate of drug-likeness (QED) is 0.749. The lowest BCUT2D eigenvalue weighted by Gasteiger charge is -2.12. The number of anilines is 1. The highest BCUT2D eigenvalue weighted by Gasteiger charge is 2.12. The van der Waals surface area contributed by atoms with Gasteiger partial charge >= 0.3 is 0 Å². The van der Waals surface area contributed by atoms with E-state index < -0.39 is 10.0 Å². The molecule has 0 radical (unpaired) electrons. The van der Waals surface area contributed by atoms with Gasteiger partial charge in [-0.15, -0.1) is 11.6 Å². The summed E-state index contributed by atoms with van der Waals surface area (Å²) in [7, 11) is -1.87. The minimum absolute atomic E-state index is 0.00791. The van der Waals surface area contributed by atoms with Crippen LogP contribution in [-0.2, 0) is 10.0 Å². The Morgan fingerprint density at radius 2 is 2.05 bits per heavy atom. The van der Waals surface area contributed by atoms with Gasteiger partial charge in [0.2, 0.25) is 10.0 Å². The predicted molar refractivity (Wildman–Crippen MR) is 76.9 cm³/mol. The molecule has 0 aromatic heterocycles. The van der Waals surface area contributed by atoms with Gasteiger partial charge in [0.15, 0.2) is 11.5 Å². The van der Waals surface area contributed by atoms with Crippen LogP contribution in [0, 0.1) is 0 Å². The van der Waals surface area contributed by atoms with Gasteiger partial charge in [0.05, 0.1) is 25.2 Å². The van der Waals surface area contributed by atoms with Gasteiger partial charge in [-0.2, -0.15) is 0 Å². The molecule has 1 aromatic carbocycles. The Morgan fingerprint density at radius 3 is 2.63 bits per heavy atom. The highest BCUT2D eigenvalue weighted by atomic mass is 35.5. The summed E-state index contributed by atoms with van der Waals surface area (Å²) in [5.74, 6) is 1.37. The van der Waals surface area contributed by atoms with Crippen molar-refractivity contribution in [1.82, 2.24) is 0 Å². The fourth-order valence-corrected chi connectivity index (χ4v) is 2.89. The van der Waals surface area contributed by atoms with Gasteiger partial charge in [-0.25, -0.2) is 8.42 Å². The fraction of sp³-hybridized carbons (Fsp3) is 0.500. The van der Waals surface area contributed by atoms with Crippen molar-refractivity contribution in [3.8, 4) is 11.5 Å². The summed E-state index contributed by atoms with van der Waals surface area (Å²) in [6.07, 6.45) is 0.408. The Kier molecular flexibility index (Phi) is 6.24. The number of halogens is 1. The van der Waals surface area contributed by atoms with Crippen molar-refractivity contribution >= 4 is 27.3 Å². The molecule has 1 rings (SSSR count). The van der Waals surface area contributed by atoms with Crippen LogP contribution in [0.3, 0.4) is 0 Å². The second kappa shape index (κ2) is 7.45. The molecule has 1 aromatic rings. The Hall–Kier alpha value is -1.14. The van der Waals surface area contributed by atoms with E-state index in [1.165, 1.54) is 7.11 Å². The molecule has 0 saturated carbocycles. The van der Waals surface area contributed by atoms with Gasteiger partial charge in [0.25, 0.3) is 0 Å². The lowest BCUT2D eigenvalue weighted by molar-refractivity contribution is 0.311. The number of methoxy groups -OCH3 is 1. The van der Waals surface area contributed by atoms with E-state index in [0.29, 0.717) is 36.1 Å². The average molecular weight is 308 g/mol. The van der Waals surface area contributed by atoms with Gasteiger partial charge < -0.3 is 9.47 Å². The monoisotopic (exact) mass is 307 g/mol. The summed E-state index contributed by atoms with van der Waals surface area (Å²) in [4.78, 5) is 0. The van der Waals surface area contributed by atoms with E-state index in [9.17, 15) is 8.42 Å². The second-order valence-electron chi connectivity index (χ2n) is 3.76. The first-order chi connectivity index (χ1) is 9.02. The van der Waals surface area contributed by atoms with E-state index in [1.807, 2.05) is 6.92 Å². The minimum Gasteiger partial charge on any atom is -0.493 e. The number of alkyl halides is 1. The third-order valence-electron chi connectivity index (χ3n) is 2.28. The SMILES string of the molecule is CCOc1ccc(NS(=O)(=O)CCCCl)cc1OC. The lowest BCUT2D eigenvalue weighted by Crippen LogP contribution is -2.17. The largest absolute Gasteiger partial charge is 0.493 e. The van der Waals surface area contributed by atoms with Crippen LogP contribution in [0.4, 0.5) is 5.69 Å². The molecule has 0 heterocycles. The maximum absolute atomic E-state index is 11.7. The van der Waals surface area contributed by atoms with E-state index in [4.69, 9.17) is 21.1 Å². The molecule has 19 heavy (non-hydrogen) atoms. The highest BCUT2D eigenvalue weighted by Crippen LogP contribution is 2.30. The molecule has 0 atom stereocenters. The summed E-state index contributed by atoms with van der Waals surface area (Å²) in [6, 6.07) is 4.89. The van der Waals surface area contributed by atoms with Crippen LogP contribution in [0.25, 0.3) is 0 Å². The molecular weight excluding hydrogens is 290 g/mol. The molecule has 5 nitrogen and oxygen atoms in total. The molecule has 0 spiro atoms. The van der Waals surface area contributed by atoms with Crippen molar-refractivity contribution in [2.24, 2.45) is 0 Å². The first-order valence-corrected chi connectivity index (χ1v) is 8.08.